The van der Waals surface area contributed by atoms with E-state index in [1.54, 1.807) is 39.8 Å². The fourth-order valence-corrected chi connectivity index (χ4v) is 1.96. The van der Waals surface area contributed by atoms with Gasteiger partial charge in [0.25, 0.3) is 0 Å². The van der Waals surface area contributed by atoms with E-state index in [-0.39, 0.29) is 17.8 Å². The number of amides is 1. The van der Waals surface area contributed by atoms with E-state index in [1.165, 1.54) is 0 Å². The number of primary amides is 1. The average molecular weight is 252 g/mol. The van der Waals surface area contributed by atoms with Gasteiger partial charge in [0.05, 0.1) is 0 Å². The Labute approximate surface area is 107 Å². The van der Waals surface area contributed by atoms with Crippen LogP contribution in [0.15, 0.2) is 12.1 Å². The first-order valence-electron chi connectivity index (χ1n) is 5.97. The molecule has 0 spiro atoms. The van der Waals surface area contributed by atoms with Gasteiger partial charge in [0.15, 0.2) is 0 Å². The van der Waals surface area contributed by atoms with Crippen molar-refractivity contribution in [3.8, 4) is 0 Å². The van der Waals surface area contributed by atoms with Crippen molar-refractivity contribution >= 4 is 5.91 Å². The number of hydrogen-bond acceptors (Lipinski definition) is 2. The van der Waals surface area contributed by atoms with Crippen LogP contribution in [0.5, 0.6) is 0 Å². The molecular formula is C14H21FN2O. The van der Waals surface area contributed by atoms with E-state index in [1.807, 2.05) is 0 Å². The first kappa shape index (κ1) is 14.6. The molecule has 0 aliphatic heterocycles. The Balaban J connectivity index is 2.98. The van der Waals surface area contributed by atoms with Gasteiger partial charge in [-0.05, 0) is 37.0 Å². The standard InChI is InChI=1S/C14H21FN2O/c1-8-5-10(6-9(2)12(8)15)11(16)7-14(3,4)13(17)18/h5-6,11H,7,16H2,1-4H3,(H2,17,18). The third-order valence-electron chi connectivity index (χ3n) is 3.28. The summed E-state index contributed by atoms with van der Waals surface area (Å²) in [6.07, 6.45) is 0.437. The third kappa shape index (κ3) is 3.07. The predicted octanol–water partition coefficient (Wildman–Crippen LogP) is 2.34. The quantitative estimate of drug-likeness (QED) is 0.863. The second-order valence-electron chi connectivity index (χ2n) is 5.53. The molecule has 100 valence electrons. The van der Waals surface area contributed by atoms with Gasteiger partial charge in [-0.2, -0.15) is 0 Å². The minimum atomic E-state index is -0.671. The Morgan fingerprint density at radius 3 is 2.17 bits per heavy atom. The van der Waals surface area contributed by atoms with Gasteiger partial charge in [-0.25, -0.2) is 4.39 Å². The van der Waals surface area contributed by atoms with Crippen molar-refractivity contribution in [2.75, 3.05) is 0 Å². The molecule has 0 aliphatic rings. The zero-order chi connectivity index (χ0) is 14.1. The van der Waals surface area contributed by atoms with Crippen molar-refractivity contribution < 1.29 is 9.18 Å². The van der Waals surface area contributed by atoms with E-state index in [0.717, 1.165) is 5.56 Å². The fraction of sp³-hybridized carbons (Fsp3) is 0.500. The average Bonchev–Trinajstić information content (AvgIpc) is 2.24. The summed E-state index contributed by atoms with van der Waals surface area (Å²) in [5, 5.41) is 0. The summed E-state index contributed by atoms with van der Waals surface area (Å²) in [7, 11) is 0. The largest absolute Gasteiger partial charge is 0.369 e. The SMILES string of the molecule is Cc1cc(C(N)CC(C)(C)C(N)=O)cc(C)c1F. The molecule has 1 amide bonds. The summed E-state index contributed by atoms with van der Waals surface area (Å²) in [5.41, 5.74) is 12.7. The number of carbonyl (C=O) groups is 1. The van der Waals surface area contributed by atoms with Crippen molar-refractivity contribution in [1.29, 1.82) is 0 Å². The van der Waals surface area contributed by atoms with E-state index in [2.05, 4.69) is 0 Å². The highest BCUT2D eigenvalue weighted by atomic mass is 19.1. The molecule has 0 aromatic heterocycles. The van der Waals surface area contributed by atoms with Crippen LogP contribution >= 0.6 is 0 Å². The monoisotopic (exact) mass is 252 g/mol. The summed E-state index contributed by atoms with van der Waals surface area (Å²) >= 11 is 0. The molecule has 1 rings (SSSR count). The van der Waals surface area contributed by atoms with Gasteiger partial charge < -0.3 is 11.5 Å². The summed E-state index contributed by atoms with van der Waals surface area (Å²) in [6.45, 7) is 6.94. The van der Waals surface area contributed by atoms with Crippen LogP contribution in [0, 0.1) is 25.1 Å². The highest BCUT2D eigenvalue weighted by Crippen LogP contribution is 2.29. The number of hydrogen-bond donors (Lipinski definition) is 2. The number of benzene rings is 1. The Morgan fingerprint density at radius 1 is 1.33 bits per heavy atom. The van der Waals surface area contributed by atoms with Gasteiger partial charge in [-0.15, -0.1) is 0 Å². The van der Waals surface area contributed by atoms with Crippen LogP contribution < -0.4 is 11.5 Å². The molecular weight excluding hydrogens is 231 g/mol. The molecule has 0 saturated heterocycles. The molecule has 18 heavy (non-hydrogen) atoms. The van der Waals surface area contributed by atoms with Crippen molar-refractivity contribution in [2.24, 2.45) is 16.9 Å². The van der Waals surface area contributed by atoms with Crippen LogP contribution in [0.4, 0.5) is 4.39 Å². The maximum Gasteiger partial charge on any atom is 0.223 e. The van der Waals surface area contributed by atoms with E-state index in [4.69, 9.17) is 11.5 Å². The molecule has 4 heteroatoms. The van der Waals surface area contributed by atoms with Crippen LogP contribution in [0.2, 0.25) is 0 Å². The number of halogens is 1. The minimum absolute atomic E-state index is 0.208. The lowest BCUT2D eigenvalue weighted by Crippen LogP contribution is -2.34. The first-order chi connectivity index (χ1) is 8.15. The Bertz CT molecular complexity index is 446. The first-order valence-corrected chi connectivity index (χ1v) is 5.97. The second-order valence-corrected chi connectivity index (χ2v) is 5.53. The second kappa shape index (κ2) is 5.06. The van der Waals surface area contributed by atoms with Gasteiger partial charge in [0.2, 0.25) is 5.91 Å². The maximum absolute atomic E-state index is 13.5. The summed E-state index contributed by atoms with van der Waals surface area (Å²) in [6, 6.07) is 3.12. The van der Waals surface area contributed by atoms with Gasteiger partial charge in [0, 0.05) is 11.5 Å². The Morgan fingerprint density at radius 2 is 1.78 bits per heavy atom. The molecule has 0 aliphatic carbocycles. The fourth-order valence-electron chi connectivity index (χ4n) is 1.96. The van der Waals surface area contributed by atoms with Crippen molar-refractivity contribution in [2.45, 2.75) is 40.2 Å². The van der Waals surface area contributed by atoms with E-state index < -0.39 is 5.41 Å². The van der Waals surface area contributed by atoms with Gasteiger partial charge in [-0.1, -0.05) is 26.0 Å². The van der Waals surface area contributed by atoms with E-state index in [0.29, 0.717) is 17.5 Å². The lowest BCUT2D eigenvalue weighted by molar-refractivity contribution is -0.126. The van der Waals surface area contributed by atoms with Crippen LogP contribution in [-0.2, 0) is 4.79 Å². The van der Waals surface area contributed by atoms with Gasteiger partial charge >= 0.3 is 0 Å². The molecule has 4 N–H and O–H groups in total. The van der Waals surface area contributed by atoms with E-state index >= 15 is 0 Å². The number of carbonyl (C=O) groups excluding carboxylic acids is 1. The lowest BCUT2D eigenvalue weighted by Gasteiger charge is -2.25. The van der Waals surface area contributed by atoms with Crippen molar-refractivity contribution in [3.05, 3.63) is 34.6 Å². The molecule has 0 heterocycles. The smallest absolute Gasteiger partial charge is 0.223 e. The molecule has 1 unspecified atom stereocenters. The normalized spacial score (nSPS) is 13.4. The van der Waals surface area contributed by atoms with Crippen LogP contribution in [0.25, 0.3) is 0 Å². The molecule has 1 atom stereocenters. The Kier molecular flexibility index (Phi) is 4.12. The van der Waals surface area contributed by atoms with E-state index in [9.17, 15) is 9.18 Å². The third-order valence-corrected chi connectivity index (χ3v) is 3.28. The summed E-state index contributed by atoms with van der Waals surface area (Å²) in [5.74, 6) is -0.589. The minimum Gasteiger partial charge on any atom is -0.369 e. The number of rotatable bonds is 4. The summed E-state index contributed by atoms with van der Waals surface area (Å²) < 4.78 is 13.5. The molecule has 0 bridgehead atoms. The zero-order valence-corrected chi connectivity index (χ0v) is 11.4. The van der Waals surface area contributed by atoms with Crippen LogP contribution in [-0.4, -0.2) is 5.91 Å². The van der Waals surface area contributed by atoms with Gasteiger partial charge in [-0.3, -0.25) is 4.79 Å². The lowest BCUT2D eigenvalue weighted by atomic mass is 9.82. The highest BCUT2D eigenvalue weighted by molar-refractivity contribution is 5.79. The topological polar surface area (TPSA) is 69.1 Å². The molecule has 0 saturated carbocycles. The molecule has 0 fully saturated rings. The maximum atomic E-state index is 13.5. The number of aryl methyl sites for hydroxylation is 2. The van der Waals surface area contributed by atoms with Crippen molar-refractivity contribution in [1.82, 2.24) is 0 Å². The molecule has 1 aromatic carbocycles. The van der Waals surface area contributed by atoms with Crippen molar-refractivity contribution in [3.63, 3.8) is 0 Å². The summed E-state index contributed by atoms with van der Waals surface area (Å²) in [4.78, 5) is 11.3. The number of nitrogens with two attached hydrogens (primary N) is 2. The Hall–Kier alpha value is -1.42. The highest BCUT2D eigenvalue weighted by Gasteiger charge is 2.28. The van der Waals surface area contributed by atoms with Crippen LogP contribution in [0.3, 0.4) is 0 Å². The predicted molar refractivity (Wildman–Crippen MR) is 70.4 cm³/mol. The molecule has 3 nitrogen and oxygen atoms in total. The zero-order valence-electron chi connectivity index (χ0n) is 11.4. The van der Waals surface area contributed by atoms with Crippen LogP contribution in [0.1, 0.15) is 43.0 Å². The molecule has 1 aromatic rings. The van der Waals surface area contributed by atoms with Gasteiger partial charge in [0.1, 0.15) is 5.82 Å². The molecule has 0 radical (unpaired) electrons.